The summed E-state index contributed by atoms with van der Waals surface area (Å²) in [6, 6.07) is 12.9. The lowest BCUT2D eigenvalue weighted by Gasteiger charge is -2.11. The standard InChI is InChI=1S/C18H18N2O3/c1-22-16-8-5-14(11-17(16)23-2)18-19-9-10-20(18)12-13-3-6-15(21)7-4-13/h3-11,21H,12H2,1-2H3. The molecule has 0 fully saturated rings. The fourth-order valence-corrected chi connectivity index (χ4v) is 2.47. The van der Waals surface area contributed by atoms with Gasteiger partial charge in [-0.25, -0.2) is 4.98 Å². The quantitative estimate of drug-likeness (QED) is 0.785. The van der Waals surface area contributed by atoms with Crippen LogP contribution in [0.15, 0.2) is 54.9 Å². The zero-order valence-electron chi connectivity index (χ0n) is 13.1. The smallest absolute Gasteiger partial charge is 0.161 e. The maximum Gasteiger partial charge on any atom is 0.161 e. The predicted octanol–water partition coefficient (Wildman–Crippen LogP) is 3.32. The van der Waals surface area contributed by atoms with Crippen LogP contribution in [0, 0.1) is 0 Å². The van der Waals surface area contributed by atoms with E-state index in [0.717, 1.165) is 17.0 Å². The third-order valence-corrected chi connectivity index (χ3v) is 3.65. The average molecular weight is 310 g/mol. The van der Waals surface area contributed by atoms with E-state index in [4.69, 9.17) is 9.47 Å². The van der Waals surface area contributed by atoms with Gasteiger partial charge in [-0.15, -0.1) is 0 Å². The van der Waals surface area contributed by atoms with E-state index in [1.54, 1.807) is 32.5 Å². The number of methoxy groups -OCH3 is 2. The Hall–Kier alpha value is -2.95. The van der Waals surface area contributed by atoms with Gasteiger partial charge >= 0.3 is 0 Å². The number of benzene rings is 2. The van der Waals surface area contributed by atoms with Crippen molar-refractivity contribution in [2.75, 3.05) is 14.2 Å². The van der Waals surface area contributed by atoms with Gasteiger partial charge in [-0.1, -0.05) is 12.1 Å². The van der Waals surface area contributed by atoms with E-state index < -0.39 is 0 Å². The molecule has 5 nitrogen and oxygen atoms in total. The minimum absolute atomic E-state index is 0.263. The Kier molecular flexibility index (Phi) is 4.19. The Morgan fingerprint density at radius 1 is 1.00 bits per heavy atom. The second-order valence-electron chi connectivity index (χ2n) is 5.11. The van der Waals surface area contributed by atoms with E-state index in [0.29, 0.717) is 18.0 Å². The SMILES string of the molecule is COc1ccc(-c2nccn2Cc2ccc(O)cc2)cc1OC. The number of phenols is 1. The molecule has 0 aliphatic heterocycles. The Morgan fingerprint density at radius 2 is 1.74 bits per heavy atom. The molecule has 0 saturated heterocycles. The van der Waals surface area contributed by atoms with E-state index >= 15 is 0 Å². The summed E-state index contributed by atoms with van der Waals surface area (Å²) in [4.78, 5) is 4.45. The fourth-order valence-electron chi connectivity index (χ4n) is 2.47. The van der Waals surface area contributed by atoms with Crippen LogP contribution in [0.5, 0.6) is 17.2 Å². The van der Waals surface area contributed by atoms with Crippen molar-refractivity contribution in [3.05, 3.63) is 60.4 Å². The maximum atomic E-state index is 9.38. The summed E-state index contributed by atoms with van der Waals surface area (Å²) in [6.07, 6.45) is 3.70. The molecule has 1 N–H and O–H groups in total. The first kappa shape index (κ1) is 15.0. The molecule has 0 bridgehead atoms. The summed E-state index contributed by atoms with van der Waals surface area (Å²) in [6.45, 7) is 0.671. The van der Waals surface area contributed by atoms with Crippen LogP contribution in [0.2, 0.25) is 0 Å². The van der Waals surface area contributed by atoms with Crippen LogP contribution in [-0.4, -0.2) is 28.9 Å². The molecule has 0 amide bonds. The summed E-state index contributed by atoms with van der Waals surface area (Å²) >= 11 is 0. The molecule has 0 aliphatic rings. The number of aromatic nitrogens is 2. The summed E-state index contributed by atoms with van der Waals surface area (Å²) in [7, 11) is 3.23. The predicted molar refractivity (Wildman–Crippen MR) is 88.0 cm³/mol. The molecule has 0 saturated carbocycles. The lowest BCUT2D eigenvalue weighted by Crippen LogP contribution is -2.01. The third kappa shape index (κ3) is 3.13. The molecular formula is C18H18N2O3. The first-order chi connectivity index (χ1) is 11.2. The van der Waals surface area contributed by atoms with Crippen LogP contribution >= 0.6 is 0 Å². The molecule has 3 aromatic rings. The summed E-state index contributed by atoms with van der Waals surface area (Å²) in [5.74, 6) is 2.47. The molecule has 2 aromatic carbocycles. The van der Waals surface area contributed by atoms with Crippen LogP contribution in [0.3, 0.4) is 0 Å². The normalized spacial score (nSPS) is 10.5. The second kappa shape index (κ2) is 6.44. The zero-order chi connectivity index (χ0) is 16.2. The fraction of sp³-hybridized carbons (Fsp3) is 0.167. The van der Waals surface area contributed by atoms with Gasteiger partial charge in [0.2, 0.25) is 0 Å². The van der Waals surface area contributed by atoms with Crippen LogP contribution in [0.25, 0.3) is 11.4 Å². The van der Waals surface area contributed by atoms with Gasteiger partial charge in [-0.2, -0.15) is 0 Å². The van der Waals surface area contributed by atoms with Gasteiger partial charge in [0.15, 0.2) is 11.5 Å². The summed E-state index contributed by atoms with van der Waals surface area (Å²) in [5, 5.41) is 9.38. The van der Waals surface area contributed by atoms with Gasteiger partial charge in [0, 0.05) is 24.5 Å². The highest BCUT2D eigenvalue weighted by atomic mass is 16.5. The van der Waals surface area contributed by atoms with Crippen molar-refractivity contribution >= 4 is 0 Å². The monoisotopic (exact) mass is 310 g/mol. The summed E-state index contributed by atoms with van der Waals surface area (Å²) < 4.78 is 12.7. The molecule has 118 valence electrons. The minimum atomic E-state index is 0.263. The zero-order valence-corrected chi connectivity index (χ0v) is 13.1. The highest BCUT2D eigenvalue weighted by Gasteiger charge is 2.11. The molecule has 1 heterocycles. The van der Waals surface area contributed by atoms with Crippen LogP contribution in [0.1, 0.15) is 5.56 Å². The van der Waals surface area contributed by atoms with E-state index in [-0.39, 0.29) is 5.75 Å². The van der Waals surface area contributed by atoms with Crippen LogP contribution < -0.4 is 9.47 Å². The van der Waals surface area contributed by atoms with Gasteiger partial charge in [-0.3, -0.25) is 0 Å². The van der Waals surface area contributed by atoms with Crippen molar-refractivity contribution in [3.63, 3.8) is 0 Å². The number of hydrogen-bond donors (Lipinski definition) is 1. The topological polar surface area (TPSA) is 56.5 Å². The second-order valence-corrected chi connectivity index (χ2v) is 5.11. The lowest BCUT2D eigenvalue weighted by molar-refractivity contribution is 0.355. The highest BCUT2D eigenvalue weighted by Crippen LogP contribution is 2.31. The molecule has 0 spiro atoms. The van der Waals surface area contributed by atoms with Crippen molar-refractivity contribution in [1.29, 1.82) is 0 Å². The van der Waals surface area contributed by atoms with Gasteiger partial charge < -0.3 is 19.1 Å². The van der Waals surface area contributed by atoms with Crippen molar-refractivity contribution in [2.24, 2.45) is 0 Å². The van der Waals surface area contributed by atoms with Gasteiger partial charge in [-0.05, 0) is 35.9 Å². The third-order valence-electron chi connectivity index (χ3n) is 3.65. The number of aromatic hydroxyl groups is 1. The van der Waals surface area contributed by atoms with E-state index in [1.165, 1.54) is 0 Å². The Bertz CT molecular complexity index is 794. The highest BCUT2D eigenvalue weighted by molar-refractivity contribution is 5.61. The minimum Gasteiger partial charge on any atom is -0.508 e. The molecule has 0 radical (unpaired) electrons. The molecule has 5 heteroatoms. The molecule has 0 unspecified atom stereocenters. The number of rotatable bonds is 5. The van der Waals surface area contributed by atoms with Crippen molar-refractivity contribution in [2.45, 2.75) is 6.54 Å². The van der Waals surface area contributed by atoms with Gasteiger partial charge in [0.25, 0.3) is 0 Å². The maximum absolute atomic E-state index is 9.38. The van der Waals surface area contributed by atoms with Gasteiger partial charge in [0.05, 0.1) is 14.2 Å². The van der Waals surface area contributed by atoms with Gasteiger partial charge in [0.1, 0.15) is 11.6 Å². The number of nitrogens with zero attached hydrogens (tertiary/aromatic N) is 2. The lowest BCUT2D eigenvalue weighted by atomic mass is 10.1. The van der Waals surface area contributed by atoms with Crippen molar-refractivity contribution < 1.29 is 14.6 Å². The van der Waals surface area contributed by atoms with Crippen LogP contribution in [-0.2, 0) is 6.54 Å². The molecular weight excluding hydrogens is 292 g/mol. The van der Waals surface area contributed by atoms with E-state index in [2.05, 4.69) is 4.98 Å². The molecule has 23 heavy (non-hydrogen) atoms. The first-order valence-corrected chi connectivity index (χ1v) is 7.22. The largest absolute Gasteiger partial charge is 0.508 e. The van der Waals surface area contributed by atoms with Crippen molar-refractivity contribution in [1.82, 2.24) is 9.55 Å². The number of phenolic OH excluding ortho intramolecular Hbond substituents is 1. The number of hydrogen-bond acceptors (Lipinski definition) is 4. The Balaban J connectivity index is 1.93. The van der Waals surface area contributed by atoms with Crippen molar-refractivity contribution in [3.8, 4) is 28.6 Å². The number of imidazole rings is 1. The molecule has 0 aliphatic carbocycles. The van der Waals surface area contributed by atoms with E-state index in [1.807, 2.05) is 41.1 Å². The molecule has 3 rings (SSSR count). The van der Waals surface area contributed by atoms with Crippen LogP contribution in [0.4, 0.5) is 0 Å². The Morgan fingerprint density at radius 3 is 2.43 bits per heavy atom. The molecule has 0 atom stereocenters. The molecule has 1 aromatic heterocycles. The number of ether oxygens (including phenoxy) is 2. The average Bonchev–Trinajstić information content (AvgIpc) is 3.04. The first-order valence-electron chi connectivity index (χ1n) is 7.22. The summed E-state index contributed by atoms with van der Waals surface area (Å²) in [5.41, 5.74) is 2.04. The Labute approximate surface area is 134 Å². The van der Waals surface area contributed by atoms with E-state index in [9.17, 15) is 5.11 Å².